The van der Waals surface area contributed by atoms with Gasteiger partial charge in [-0.25, -0.2) is 0 Å². The molecule has 136 valence electrons. The number of hydrogen-bond acceptors (Lipinski definition) is 5. The van der Waals surface area contributed by atoms with Crippen LogP contribution in [0.5, 0.6) is 0 Å². The van der Waals surface area contributed by atoms with Crippen LogP contribution < -0.4 is 10.0 Å². The van der Waals surface area contributed by atoms with Crippen molar-refractivity contribution in [1.29, 1.82) is 0 Å². The summed E-state index contributed by atoms with van der Waals surface area (Å²) < 4.78 is 27.8. The fourth-order valence-corrected chi connectivity index (χ4v) is 4.24. The molecule has 2 atom stereocenters. The minimum atomic E-state index is -3.46. The van der Waals surface area contributed by atoms with Crippen molar-refractivity contribution >= 4 is 27.5 Å². The summed E-state index contributed by atoms with van der Waals surface area (Å²) in [5.74, 6) is -0.0878. The molecule has 0 aliphatic carbocycles. The van der Waals surface area contributed by atoms with E-state index >= 15 is 0 Å². The molecule has 1 aliphatic rings. The van der Waals surface area contributed by atoms with Gasteiger partial charge in [-0.1, -0.05) is 6.07 Å². The van der Waals surface area contributed by atoms with Crippen molar-refractivity contribution in [3.05, 3.63) is 22.4 Å². The van der Waals surface area contributed by atoms with Crippen LogP contribution in [0.15, 0.2) is 17.5 Å². The number of likely N-dealkylation sites (N-methyl/N-ethyl adjacent to an activating group) is 1. The van der Waals surface area contributed by atoms with Gasteiger partial charge in [0.2, 0.25) is 5.91 Å². The Hall–Kier alpha value is -1.000. The molecule has 1 aromatic rings. The molecule has 1 saturated heterocycles. The molecule has 0 aromatic carbocycles. The Kier molecular flexibility index (Phi) is 6.76. The Morgan fingerprint density at radius 3 is 2.75 bits per heavy atom. The van der Waals surface area contributed by atoms with Gasteiger partial charge in [-0.2, -0.15) is 17.4 Å². The standard InChI is InChI=1S/C15H26N4O3S2/c1-18(2)24(21,22)17-13-7-6-12(10-19(3)11-13)15(20)16-9-14-5-4-8-23-14/h4-5,8,12-13,17H,6-7,9-11H2,1-3H3,(H,16,20)/t12-,13+/m1/s1. The van der Waals surface area contributed by atoms with Crippen LogP contribution in [0.25, 0.3) is 0 Å². The molecule has 0 unspecified atom stereocenters. The Morgan fingerprint density at radius 2 is 2.12 bits per heavy atom. The molecule has 0 spiro atoms. The van der Waals surface area contributed by atoms with Crippen molar-refractivity contribution in [3.63, 3.8) is 0 Å². The Bertz CT molecular complexity index is 631. The second-order valence-electron chi connectivity index (χ2n) is 6.39. The van der Waals surface area contributed by atoms with Crippen LogP contribution in [0.1, 0.15) is 17.7 Å². The Morgan fingerprint density at radius 1 is 1.38 bits per heavy atom. The molecule has 2 heterocycles. The van der Waals surface area contributed by atoms with Gasteiger partial charge in [0.25, 0.3) is 10.2 Å². The number of nitrogens with zero attached hydrogens (tertiary/aromatic N) is 2. The maximum absolute atomic E-state index is 12.4. The fraction of sp³-hybridized carbons (Fsp3) is 0.667. The van der Waals surface area contributed by atoms with Crippen LogP contribution in [0.2, 0.25) is 0 Å². The summed E-state index contributed by atoms with van der Waals surface area (Å²) >= 11 is 1.62. The highest BCUT2D eigenvalue weighted by Crippen LogP contribution is 2.17. The van der Waals surface area contributed by atoms with Gasteiger partial charge in [-0.3, -0.25) is 4.79 Å². The minimum Gasteiger partial charge on any atom is -0.351 e. The number of nitrogens with one attached hydrogen (secondary N) is 2. The first-order valence-corrected chi connectivity index (χ1v) is 10.3. The summed E-state index contributed by atoms with van der Waals surface area (Å²) in [5, 5.41) is 4.97. The van der Waals surface area contributed by atoms with E-state index in [1.54, 1.807) is 11.3 Å². The summed E-state index contributed by atoms with van der Waals surface area (Å²) in [6.07, 6.45) is 1.32. The first-order valence-electron chi connectivity index (χ1n) is 7.96. The van der Waals surface area contributed by atoms with Crippen LogP contribution in [0.3, 0.4) is 0 Å². The normalized spacial score (nSPS) is 23.2. The second-order valence-corrected chi connectivity index (χ2v) is 9.34. The quantitative estimate of drug-likeness (QED) is 0.758. The molecule has 1 aromatic heterocycles. The number of carbonyl (C=O) groups is 1. The second kappa shape index (κ2) is 8.39. The Labute approximate surface area is 148 Å². The highest BCUT2D eigenvalue weighted by atomic mass is 32.2. The third-order valence-corrected chi connectivity index (χ3v) is 6.58. The number of likely N-dealkylation sites (tertiary alicyclic amines) is 1. The molecular weight excluding hydrogens is 348 g/mol. The highest BCUT2D eigenvalue weighted by molar-refractivity contribution is 7.87. The summed E-state index contributed by atoms with van der Waals surface area (Å²) in [5.41, 5.74) is 0. The van der Waals surface area contributed by atoms with Gasteiger partial charge in [0.05, 0.1) is 12.5 Å². The minimum absolute atomic E-state index is 0.0337. The molecular formula is C15H26N4O3S2. The van der Waals surface area contributed by atoms with Gasteiger partial charge >= 0.3 is 0 Å². The summed E-state index contributed by atoms with van der Waals surface area (Å²) in [6, 6.07) is 3.78. The monoisotopic (exact) mass is 374 g/mol. The maximum Gasteiger partial charge on any atom is 0.279 e. The zero-order valence-electron chi connectivity index (χ0n) is 14.4. The lowest BCUT2D eigenvalue weighted by Crippen LogP contribution is -2.46. The topological polar surface area (TPSA) is 81.8 Å². The molecule has 0 saturated carbocycles. The SMILES string of the molecule is CN1C[C@@H](NS(=O)(=O)N(C)C)CC[C@@H](C(=O)NCc2cccs2)C1. The summed E-state index contributed by atoms with van der Waals surface area (Å²) in [6.45, 7) is 1.78. The smallest absolute Gasteiger partial charge is 0.279 e. The molecule has 1 fully saturated rings. The lowest BCUT2D eigenvalue weighted by molar-refractivity contribution is -0.125. The Balaban J connectivity index is 1.90. The van der Waals surface area contributed by atoms with Crippen LogP contribution in [-0.4, -0.2) is 63.8 Å². The van der Waals surface area contributed by atoms with Crippen LogP contribution in [-0.2, 0) is 21.5 Å². The van der Waals surface area contributed by atoms with E-state index in [9.17, 15) is 13.2 Å². The average molecular weight is 375 g/mol. The molecule has 24 heavy (non-hydrogen) atoms. The van der Waals surface area contributed by atoms with Crippen molar-refractivity contribution < 1.29 is 13.2 Å². The van der Waals surface area contributed by atoms with Gasteiger partial charge < -0.3 is 10.2 Å². The number of hydrogen-bond donors (Lipinski definition) is 2. The number of amides is 1. The molecule has 0 radical (unpaired) electrons. The molecule has 0 bridgehead atoms. The van der Waals surface area contributed by atoms with Crippen molar-refractivity contribution in [1.82, 2.24) is 19.2 Å². The summed E-state index contributed by atoms with van der Waals surface area (Å²) in [7, 11) is 1.47. The molecule has 9 heteroatoms. The largest absolute Gasteiger partial charge is 0.351 e. The van der Waals surface area contributed by atoms with E-state index in [2.05, 4.69) is 10.0 Å². The zero-order chi connectivity index (χ0) is 17.7. The van der Waals surface area contributed by atoms with Gasteiger partial charge in [-0.05, 0) is 31.3 Å². The van der Waals surface area contributed by atoms with E-state index in [1.165, 1.54) is 18.4 Å². The van der Waals surface area contributed by atoms with Gasteiger partial charge in [-0.15, -0.1) is 11.3 Å². The van der Waals surface area contributed by atoms with E-state index in [-0.39, 0.29) is 17.9 Å². The predicted octanol–water partition coefficient (Wildman–Crippen LogP) is 0.471. The molecule has 2 N–H and O–H groups in total. The lowest BCUT2D eigenvalue weighted by Gasteiger charge is -2.23. The van der Waals surface area contributed by atoms with Crippen LogP contribution in [0.4, 0.5) is 0 Å². The van der Waals surface area contributed by atoms with Gasteiger partial charge in [0.15, 0.2) is 0 Å². The molecule has 1 aliphatic heterocycles. The van der Waals surface area contributed by atoms with E-state index in [1.807, 2.05) is 29.5 Å². The predicted molar refractivity (Wildman–Crippen MR) is 95.9 cm³/mol. The third-order valence-electron chi connectivity index (χ3n) is 4.11. The van der Waals surface area contributed by atoms with E-state index in [0.29, 0.717) is 32.5 Å². The average Bonchev–Trinajstić information content (AvgIpc) is 2.94. The maximum atomic E-state index is 12.4. The highest BCUT2D eigenvalue weighted by Gasteiger charge is 2.29. The number of carbonyl (C=O) groups excluding carboxylic acids is 1. The van der Waals surface area contributed by atoms with Gasteiger partial charge in [0, 0.05) is 38.1 Å². The van der Waals surface area contributed by atoms with Crippen molar-refractivity contribution in [2.24, 2.45) is 5.92 Å². The van der Waals surface area contributed by atoms with Crippen molar-refractivity contribution in [3.8, 4) is 0 Å². The van der Waals surface area contributed by atoms with Crippen molar-refractivity contribution in [2.75, 3.05) is 34.2 Å². The third kappa shape index (κ3) is 5.52. The summed E-state index contributed by atoms with van der Waals surface area (Å²) in [4.78, 5) is 15.6. The van der Waals surface area contributed by atoms with Crippen LogP contribution >= 0.6 is 11.3 Å². The van der Waals surface area contributed by atoms with E-state index in [4.69, 9.17) is 0 Å². The van der Waals surface area contributed by atoms with Crippen LogP contribution in [0, 0.1) is 5.92 Å². The lowest BCUT2D eigenvalue weighted by atomic mass is 10.0. The first-order chi connectivity index (χ1) is 11.3. The van der Waals surface area contributed by atoms with Crippen molar-refractivity contribution in [2.45, 2.75) is 25.4 Å². The zero-order valence-corrected chi connectivity index (χ0v) is 16.0. The molecule has 1 amide bonds. The number of thiophene rings is 1. The number of rotatable bonds is 6. The van der Waals surface area contributed by atoms with E-state index in [0.717, 1.165) is 4.88 Å². The molecule has 2 rings (SSSR count). The first kappa shape index (κ1) is 19.3. The van der Waals surface area contributed by atoms with Gasteiger partial charge in [0.1, 0.15) is 0 Å². The molecule has 7 nitrogen and oxygen atoms in total. The fourth-order valence-electron chi connectivity index (χ4n) is 2.77. The van der Waals surface area contributed by atoms with E-state index < -0.39 is 10.2 Å².